The summed E-state index contributed by atoms with van der Waals surface area (Å²) in [5.41, 5.74) is 0. The lowest BCUT2D eigenvalue weighted by atomic mass is 10.3. The molecule has 1 amide bonds. The zero-order valence-corrected chi connectivity index (χ0v) is 9.53. The molecule has 4 nitrogen and oxygen atoms in total. The zero-order valence-electron chi connectivity index (χ0n) is 9.53. The first-order valence-corrected chi connectivity index (χ1v) is 4.42. The van der Waals surface area contributed by atoms with Gasteiger partial charge in [-0.2, -0.15) is 0 Å². The van der Waals surface area contributed by atoms with Gasteiger partial charge >= 0.3 is 0 Å². The van der Waals surface area contributed by atoms with Crippen LogP contribution >= 0.6 is 0 Å². The standard InChI is InChI=1S/C9H21N3O.CH4/c1-8(11(4)5)9(13)12(6)7-10(2)3;/h8H,7H2,1-6H3;1H4. The molecular weight excluding hydrogens is 178 g/mol. The molecule has 0 aromatic rings. The Morgan fingerprint density at radius 2 is 1.57 bits per heavy atom. The molecule has 4 heteroatoms. The van der Waals surface area contributed by atoms with Crippen molar-refractivity contribution in [3.63, 3.8) is 0 Å². The Morgan fingerprint density at radius 3 is 1.86 bits per heavy atom. The second kappa shape index (κ2) is 6.79. The molecule has 0 aromatic heterocycles. The van der Waals surface area contributed by atoms with E-state index < -0.39 is 0 Å². The summed E-state index contributed by atoms with van der Waals surface area (Å²) in [5, 5.41) is 0. The molecule has 0 rings (SSSR count). The van der Waals surface area contributed by atoms with E-state index in [-0.39, 0.29) is 19.4 Å². The summed E-state index contributed by atoms with van der Waals surface area (Å²) in [6.45, 7) is 2.57. The van der Waals surface area contributed by atoms with Crippen molar-refractivity contribution in [3.05, 3.63) is 0 Å². The Labute approximate surface area is 88.5 Å². The molecule has 0 spiro atoms. The van der Waals surface area contributed by atoms with Gasteiger partial charge in [0.05, 0.1) is 12.7 Å². The Kier molecular flexibility index (Phi) is 7.68. The normalized spacial score (nSPS) is 12.6. The van der Waals surface area contributed by atoms with Gasteiger partial charge in [0, 0.05) is 7.05 Å². The zero-order chi connectivity index (χ0) is 10.6. The maximum absolute atomic E-state index is 11.7. The molecule has 0 aromatic carbocycles. The van der Waals surface area contributed by atoms with Crippen LogP contribution in [0.4, 0.5) is 0 Å². The highest BCUT2D eigenvalue weighted by atomic mass is 16.2. The van der Waals surface area contributed by atoms with Gasteiger partial charge in [0.15, 0.2) is 0 Å². The van der Waals surface area contributed by atoms with Crippen LogP contribution in [-0.4, -0.2) is 68.6 Å². The van der Waals surface area contributed by atoms with Crippen molar-refractivity contribution in [2.45, 2.75) is 20.4 Å². The second-order valence-corrected chi connectivity index (χ2v) is 3.90. The smallest absolute Gasteiger partial charge is 0.240 e. The first-order valence-electron chi connectivity index (χ1n) is 4.42. The maximum Gasteiger partial charge on any atom is 0.240 e. The van der Waals surface area contributed by atoms with Crippen LogP contribution in [0.25, 0.3) is 0 Å². The molecular formula is C10H25N3O. The number of likely N-dealkylation sites (N-methyl/N-ethyl adjacent to an activating group) is 2. The molecule has 0 bridgehead atoms. The van der Waals surface area contributed by atoms with E-state index in [4.69, 9.17) is 0 Å². The summed E-state index contributed by atoms with van der Waals surface area (Å²) in [7, 11) is 9.54. The molecule has 0 heterocycles. The number of nitrogens with zero attached hydrogens (tertiary/aromatic N) is 3. The van der Waals surface area contributed by atoms with Crippen molar-refractivity contribution >= 4 is 5.91 Å². The van der Waals surface area contributed by atoms with Crippen LogP contribution in [0, 0.1) is 0 Å². The van der Waals surface area contributed by atoms with Gasteiger partial charge in [-0.05, 0) is 35.1 Å². The van der Waals surface area contributed by atoms with Crippen molar-refractivity contribution in [2.24, 2.45) is 0 Å². The minimum atomic E-state index is -0.0510. The van der Waals surface area contributed by atoms with Gasteiger partial charge in [0.2, 0.25) is 5.91 Å². The molecule has 0 saturated heterocycles. The van der Waals surface area contributed by atoms with Gasteiger partial charge in [0.25, 0.3) is 0 Å². The van der Waals surface area contributed by atoms with E-state index in [1.54, 1.807) is 4.90 Å². The molecule has 0 aliphatic heterocycles. The number of carbonyl (C=O) groups is 1. The summed E-state index contributed by atoms with van der Waals surface area (Å²) in [5.74, 6) is 0.152. The average molecular weight is 203 g/mol. The van der Waals surface area contributed by atoms with Crippen LogP contribution in [0.3, 0.4) is 0 Å². The lowest BCUT2D eigenvalue weighted by Crippen LogP contribution is -2.45. The van der Waals surface area contributed by atoms with Gasteiger partial charge in [-0.3, -0.25) is 14.6 Å². The van der Waals surface area contributed by atoms with Gasteiger partial charge in [-0.25, -0.2) is 0 Å². The predicted octanol–water partition coefficient (Wildman–Crippen LogP) is 0.550. The van der Waals surface area contributed by atoms with Crippen LogP contribution < -0.4 is 0 Å². The molecule has 0 fully saturated rings. The molecule has 0 radical (unpaired) electrons. The Balaban J connectivity index is 0. The Hall–Kier alpha value is -0.610. The topological polar surface area (TPSA) is 26.8 Å². The van der Waals surface area contributed by atoms with Crippen LogP contribution in [0.15, 0.2) is 0 Å². The fourth-order valence-electron chi connectivity index (χ4n) is 1.03. The lowest BCUT2D eigenvalue weighted by Gasteiger charge is -2.27. The fraction of sp³-hybridized carbons (Fsp3) is 0.900. The fourth-order valence-corrected chi connectivity index (χ4v) is 1.03. The molecule has 0 aliphatic carbocycles. The van der Waals surface area contributed by atoms with Crippen LogP contribution in [0.1, 0.15) is 14.4 Å². The summed E-state index contributed by atoms with van der Waals surface area (Å²) in [4.78, 5) is 17.3. The molecule has 0 saturated carbocycles. The van der Waals surface area contributed by atoms with Crippen molar-refractivity contribution < 1.29 is 4.79 Å². The van der Waals surface area contributed by atoms with E-state index in [1.165, 1.54) is 0 Å². The van der Waals surface area contributed by atoms with E-state index in [9.17, 15) is 4.79 Å². The number of hydrogen-bond acceptors (Lipinski definition) is 3. The minimum absolute atomic E-state index is 0. The van der Waals surface area contributed by atoms with Crippen LogP contribution in [0.5, 0.6) is 0 Å². The van der Waals surface area contributed by atoms with Crippen LogP contribution in [-0.2, 0) is 4.79 Å². The average Bonchev–Trinajstić information content (AvgIpc) is 2.00. The molecule has 0 N–H and O–H groups in total. The Bertz CT molecular complexity index is 169. The first-order chi connectivity index (χ1) is 5.86. The summed E-state index contributed by atoms with van der Waals surface area (Å²) >= 11 is 0. The highest BCUT2D eigenvalue weighted by molar-refractivity contribution is 5.81. The quantitative estimate of drug-likeness (QED) is 0.624. The van der Waals surface area contributed by atoms with E-state index in [0.29, 0.717) is 6.67 Å². The third-order valence-corrected chi connectivity index (χ3v) is 2.00. The minimum Gasteiger partial charge on any atom is -0.331 e. The van der Waals surface area contributed by atoms with Crippen LogP contribution in [0.2, 0.25) is 0 Å². The van der Waals surface area contributed by atoms with E-state index >= 15 is 0 Å². The largest absolute Gasteiger partial charge is 0.331 e. The monoisotopic (exact) mass is 203 g/mol. The lowest BCUT2D eigenvalue weighted by molar-refractivity contribution is -0.135. The van der Waals surface area contributed by atoms with Gasteiger partial charge in [0.1, 0.15) is 0 Å². The van der Waals surface area contributed by atoms with E-state index in [2.05, 4.69) is 0 Å². The van der Waals surface area contributed by atoms with Crippen molar-refractivity contribution in [2.75, 3.05) is 41.9 Å². The molecule has 0 aliphatic rings. The summed E-state index contributed by atoms with van der Waals surface area (Å²) < 4.78 is 0. The Morgan fingerprint density at radius 1 is 1.14 bits per heavy atom. The third-order valence-electron chi connectivity index (χ3n) is 2.00. The molecule has 14 heavy (non-hydrogen) atoms. The summed E-state index contributed by atoms with van der Waals surface area (Å²) in [6, 6.07) is -0.0510. The SMILES string of the molecule is C.CC(C(=O)N(C)CN(C)C)N(C)C. The van der Waals surface area contributed by atoms with Gasteiger partial charge in [-0.1, -0.05) is 7.43 Å². The predicted molar refractivity (Wildman–Crippen MR) is 61.2 cm³/mol. The molecule has 1 unspecified atom stereocenters. The number of hydrogen-bond donors (Lipinski definition) is 0. The molecule has 1 atom stereocenters. The first kappa shape index (κ1) is 15.8. The third kappa shape index (κ3) is 5.19. The molecule has 86 valence electrons. The highest BCUT2D eigenvalue weighted by Gasteiger charge is 2.18. The van der Waals surface area contributed by atoms with Crippen molar-refractivity contribution in [1.82, 2.24) is 14.7 Å². The highest BCUT2D eigenvalue weighted by Crippen LogP contribution is 1.97. The van der Waals surface area contributed by atoms with Gasteiger partial charge in [-0.15, -0.1) is 0 Å². The number of amides is 1. The van der Waals surface area contributed by atoms with E-state index in [1.807, 2.05) is 52.0 Å². The van der Waals surface area contributed by atoms with Crippen molar-refractivity contribution in [1.29, 1.82) is 0 Å². The van der Waals surface area contributed by atoms with Crippen molar-refractivity contribution in [3.8, 4) is 0 Å². The van der Waals surface area contributed by atoms with E-state index in [0.717, 1.165) is 0 Å². The number of carbonyl (C=O) groups excluding carboxylic acids is 1. The second-order valence-electron chi connectivity index (χ2n) is 3.90. The maximum atomic E-state index is 11.7. The summed E-state index contributed by atoms with van der Waals surface area (Å²) in [6.07, 6.45) is 0. The number of rotatable bonds is 4. The van der Waals surface area contributed by atoms with Gasteiger partial charge < -0.3 is 4.90 Å².